The van der Waals surface area contributed by atoms with Gasteiger partial charge >= 0.3 is 0 Å². The molecule has 2 heterocycles. The zero-order valence-electron chi connectivity index (χ0n) is 20.3. The van der Waals surface area contributed by atoms with Crippen molar-refractivity contribution >= 4 is 27.3 Å². The lowest BCUT2D eigenvalue weighted by Crippen LogP contribution is -2.16. The predicted molar refractivity (Wildman–Crippen MR) is 138 cm³/mol. The van der Waals surface area contributed by atoms with E-state index in [9.17, 15) is 0 Å². The molecule has 0 N–H and O–H groups in total. The maximum absolute atomic E-state index is 5.08. The van der Waals surface area contributed by atoms with E-state index >= 15 is 0 Å². The van der Waals surface area contributed by atoms with Crippen LogP contribution < -0.4 is 0 Å². The summed E-state index contributed by atoms with van der Waals surface area (Å²) in [6, 6.07) is 18.0. The summed E-state index contributed by atoms with van der Waals surface area (Å²) in [5.74, 6) is 0. The molecule has 0 aliphatic heterocycles. The average Bonchev–Trinajstić information content (AvgIpc) is 3.19. The molecule has 2 nitrogen and oxygen atoms in total. The molecular weight excluding hydrogens is 388 g/mol. The first-order valence-electron chi connectivity index (χ1n) is 11.6. The van der Waals surface area contributed by atoms with Gasteiger partial charge in [-0.25, -0.2) is 4.98 Å². The molecule has 0 aliphatic rings. The van der Waals surface area contributed by atoms with Crippen molar-refractivity contribution in [2.24, 2.45) is 0 Å². The van der Waals surface area contributed by atoms with Gasteiger partial charge in [0.2, 0.25) is 0 Å². The Labute approximate surface area is 190 Å². The molecule has 0 amide bonds. The third-order valence-electron chi connectivity index (χ3n) is 7.54. The zero-order chi connectivity index (χ0) is 22.8. The topological polar surface area (TPSA) is 17.3 Å². The van der Waals surface area contributed by atoms with Gasteiger partial charge in [-0.05, 0) is 84.9 Å². The molecule has 0 saturated carbocycles. The summed E-state index contributed by atoms with van der Waals surface area (Å²) in [5.41, 5.74) is 11.4. The quantitative estimate of drug-likeness (QED) is 0.269. The number of nitrogens with zero attached hydrogens (tertiary/aromatic N) is 2. The summed E-state index contributed by atoms with van der Waals surface area (Å²) in [6.45, 7) is 15.8. The van der Waals surface area contributed by atoms with Crippen LogP contribution in [0.5, 0.6) is 0 Å². The van der Waals surface area contributed by atoms with E-state index in [1.165, 1.54) is 60.8 Å². The van der Waals surface area contributed by atoms with Crippen molar-refractivity contribution in [3.63, 3.8) is 0 Å². The summed E-state index contributed by atoms with van der Waals surface area (Å²) in [5, 5.41) is 3.88. The standard InChI is InChI=1S/C30H32N2/c1-8-30(6,7)24-14-10-13-22-23-15-20(4)21(5)16-25(23)32-26(17-31-29(32)28(22)24)27-18(2)11-9-12-19(27)3/h9-17H,8H2,1-7H3. The Hall–Kier alpha value is -3.13. The monoisotopic (exact) mass is 420 g/mol. The van der Waals surface area contributed by atoms with Gasteiger partial charge in [-0.1, -0.05) is 57.2 Å². The van der Waals surface area contributed by atoms with Gasteiger partial charge in [0, 0.05) is 16.3 Å². The summed E-state index contributed by atoms with van der Waals surface area (Å²) < 4.78 is 2.41. The normalized spacial score (nSPS) is 12.3. The lowest BCUT2D eigenvalue weighted by molar-refractivity contribution is 0.511. The van der Waals surface area contributed by atoms with Crippen LogP contribution in [0.15, 0.2) is 54.7 Å². The Bertz CT molecular complexity index is 1500. The van der Waals surface area contributed by atoms with Gasteiger partial charge in [0.15, 0.2) is 0 Å². The number of aryl methyl sites for hydroxylation is 4. The molecule has 5 aromatic rings. The molecule has 32 heavy (non-hydrogen) atoms. The SMILES string of the molecule is CCC(C)(C)c1cccc2c3cc(C)c(C)cc3n3c(-c4c(C)cccc4C)cnc3c12. The van der Waals surface area contributed by atoms with Crippen LogP contribution in [0.25, 0.3) is 38.6 Å². The second-order valence-electron chi connectivity index (χ2n) is 9.99. The molecule has 0 spiro atoms. The number of rotatable bonds is 3. The highest BCUT2D eigenvalue weighted by Crippen LogP contribution is 2.41. The molecule has 0 unspecified atom stereocenters. The van der Waals surface area contributed by atoms with Gasteiger partial charge in [-0.2, -0.15) is 0 Å². The Morgan fingerprint density at radius 2 is 1.47 bits per heavy atom. The first-order valence-corrected chi connectivity index (χ1v) is 11.6. The first kappa shape index (κ1) is 20.8. The summed E-state index contributed by atoms with van der Waals surface area (Å²) in [7, 11) is 0. The number of fused-ring (bicyclic) bond motifs is 6. The molecule has 162 valence electrons. The van der Waals surface area contributed by atoms with Crippen LogP contribution in [0.2, 0.25) is 0 Å². The lowest BCUT2D eigenvalue weighted by atomic mass is 9.79. The molecule has 3 aromatic carbocycles. The van der Waals surface area contributed by atoms with Crippen molar-refractivity contribution in [2.45, 2.75) is 60.3 Å². The highest BCUT2D eigenvalue weighted by molar-refractivity contribution is 6.14. The van der Waals surface area contributed by atoms with Crippen molar-refractivity contribution < 1.29 is 0 Å². The van der Waals surface area contributed by atoms with Crippen molar-refractivity contribution in [2.75, 3.05) is 0 Å². The minimum absolute atomic E-state index is 0.0676. The van der Waals surface area contributed by atoms with Crippen LogP contribution in [-0.4, -0.2) is 9.38 Å². The van der Waals surface area contributed by atoms with Crippen LogP contribution in [0.4, 0.5) is 0 Å². The summed E-state index contributed by atoms with van der Waals surface area (Å²) in [4.78, 5) is 5.08. The highest BCUT2D eigenvalue weighted by Gasteiger charge is 2.25. The van der Waals surface area contributed by atoms with E-state index < -0.39 is 0 Å². The van der Waals surface area contributed by atoms with Gasteiger partial charge in [0.1, 0.15) is 5.65 Å². The number of imidazole rings is 1. The number of aromatic nitrogens is 2. The van der Waals surface area contributed by atoms with Crippen LogP contribution in [0.1, 0.15) is 55.0 Å². The molecular formula is C30H32N2. The maximum Gasteiger partial charge on any atom is 0.145 e. The molecule has 2 heteroatoms. The highest BCUT2D eigenvalue weighted by atomic mass is 15.0. The van der Waals surface area contributed by atoms with E-state index in [0.717, 1.165) is 12.1 Å². The Kier molecular flexibility index (Phi) is 4.67. The first-order chi connectivity index (χ1) is 15.2. The molecule has 0 bridgehead atoms. The Morgan fingerprint density at radius 1 is 0.812 bits per heavy atom. The molecule has 0 aliphatic carbocycles. The maximum atomic E-state index is 5.08. The van der Waals surface area contributed by atoms with E-state index in [4.69, 9.17) is 4.98 Å². The van der Waals surface area contributed by atoms with E-state index in [1.807, 2.05) is 0 Å². The molecule has 0 atom stereocenters. The van der Waals surface area contributed by atoms with Gasteiger partial charge in [0.05, 0.1) is 17.4 Å². The Balaban J connectivity index is 2.08. The van der Waals surface area contributed by atoms with E-state index in [-0.39, 0.29) is 5.41 Å². The van der Waals surface area contributed by atoms with Crippen molar-refractivity contribution in [3.8, 4) is 11.3 Å². The van der Waals surface area contributed by atoms with E-state index in [1.54, 1.807) is 0 Å². The fraction of sp³-hybridized carbons (Fsp3) is 0.300. The predicted octanol–water partition coefficient (Wildman–Crippen LogP) is 8.23. The van der Waals surface area contributed by atoms with E-state index in [2.05, 4.69) is 108 Å². The van der Waals surface area contributed by atoms with Crippen LogP contribution >= 0.6 is 0 Å². The fourth-order valence-electron chi connectivity index (χ4n) is 5.14. The van der Waals surface area contributed by atoms with Crippen molar-refractivity contribution in [1.82, 2.24) is 9.38 Å². The van der Waals surface area contributed by atoms with Gasteiger partial charge in [0.25, 0.3) is 0 Å². The molecule has 0 radical (unpaired) electrons. The van der Waals surface area contributed by atoms with Crippen molar-refractivity contribution in [1.29, 1.82) is 0 Å². The third-order valence-corrected chi connectivity index (χ3v) is 7.54. The second-order valence-corrected chi connectivity index (χ2v) is 9.99. The minimum atomic E-state index is 0.0676. The van der Waals surface area contributed by atoms with E-state index in [0.29, 0.717) is 0 Å². The fourth-order valence-corrected chi connectivity index (χ4v) is 5.14. The number of benzene rings is 3. The van der Waals surface area contributed by atoms with Crippen LogP contribution in [0, 0.1) is 27.7 Å². The molecule has 0 saturated heterocycles. The molecule has 0 fully saturated rings. The number of hydrogen-bond donors (Lipinski definition) is 0. The van der Waals surface area contributed by atoms with Gasteiger partial charge < -0.3 is 0 Å². The van der Waals surface area contributed by atoms with Gasteiger partial charge in [-0.3, -0.25) is 4.40 Å². The number of hydrogen-bond acceptors (Lipinski definition) is 1. The molecule has 5 rings (SSSR count). The second kappa shape index (κ2) is 7.20. The summed E-state index contributed by atoms with van der Waals surface area (Å²) >= 11 is 0. The van der Waals surface area contributed by atoms with Crippen LogP contribution in [0.3, 0.4) is 0 Å². The summed E-state index contributed by atoms with van der Waals surface area (Å²) in [6.07, 6.45) is 3.15. The molecule has 2 aromatic heterocycles. The zero-order valence-corrected chi connectivity index (χ0v) is 20.3. The Morgan fingerprint density at radius 3 is 2.16 bits per heavy atom. The smallest absolute Gasteiger partial charge is 0.145 e. The van der Waals surface area contributed by atoms with Crippen LogP contribution in [-0.2, 0) is 5.41 Å². The third kappa shape index (κ3) is 2.89. The largest absolute Gasteiger partial charge is 0.292 e. The van der Waals surface area contributed by atoms with Crippen molar-refractivity contribution in [3.05, 3.63) is 82.5 Å². The lowest BCUT2D eigenvalue weighted by Gasteiger charge is -2.26. The van der Waals surface area contributed by atoms with Gasteiger partial charge in [-0.15, -0.1) is 0 Å². The minimum Gasteiger partial charge on any atom is -0.292 e. The number of pyridine rings is 1. The average molecular weight is 421 g/mol.